The molecule has 1 aliphatic heterocycles. The van der Waals surface area contributed by atoms with Crippen LogP contribution in [0.4, 0.5) is 4.39 Å². The molecule has 0 radical (unpaired) electrons. The normalized spacial score (nSPS) is 26.8. The summed E-state index contributed by atoms with van der Waals surface area (Å²) >= 11 is 0. The van der Waals surface area contributed by atoms with E-state index >= 15 is 0 Å². The highest BCUT2D eigenvalue weighted by atomic mass is 19.1. The zero-order valence-corrected chi connectivity index (χ0v) is 15.6. The molecule has 1 saturated carbocycles. The lowest BCUT2D eigenvalue weighted by atomic mass is 9.94. The smallest absolute Gasteiger partial charge is 0.225 e. The predicted molar refractivity (Wildman–Crippen MR) is 104 cm³/mol. The number of hydrogen-bond donors (Lipinski definition) is 2. The van der Waals surface area contributed by atoms with Gasteiger partial charge in [0.2, 0.25) is 11.8 Å². The molecule has 1 saturated heterocycles. The summed E-state index contributed by atoms with van der Waals surface area (Å²) in [6, 6.07) is 16.5. The topological polar surface area (TPSA) is 75.4 Å². The van der Waals surface area contributed by atoms with E-state index in [0.717, 1.165) is 12.0 Å². The number of amides is 2. The van der Waals surface area contributed by atoms with Gasteiger partial charge in [0.1, 0.15) is 5.82 Å². The maximum Gasteiger partial charge on any atom is 0.225 e. The van der Waals surface area contributed by atoms with Crippen molar-refractivity contribution in [2.24, 2.45) is 17.6 Å². The summed E-state index contributed by atoms with van der Waals surface area (Å²) in [4.78, 5) is 26.8. The molecular formula is C22H24FN3O2. The van der Waals surface area contributed by atoms with Crippen molar-refractivity contribution in [1.82, 2.24) is 10.2 Å². The van der Waals surface area contributed by atoms with Crippen LogP contribution in [0.15, 0.2) is 54.6 Å². The first-order chi connectivity index (χ1) is 13.5. The van der Waals surface area contributed by atoms with Crippen LogP contribution in [0.5, 0.6) is 0 Å². The van der Waals surface area contributed by atoms with Crippen molar-refractivity contribution in [2.75, 3.05) is 13.1 Å². The van der Waals surface area contributed by atoms with Gasteiger partial charge in [-0.1, -0.05) is 42.5 Å². The third-order valence-electron chi connectivity index (χ3n) is 5.76. The van der Waals surface area contributed by atoms with Crippen LogP contribution in [-0.4, -0.2) is 35.8 Å². The molecule has 3 N–H and O–H groups in total. The molecule has 2 fully saturated rings. The van der Waals surface area contributed by atoms with Gasteiger partial charge in [-0.15, -0.1) is 0 Å². The zero-order valence-electron chi connectivity index (χ0n) is 15.6. The monoisotopic (exact) mass is 381 g/mol. The largest absolute Gasteiger partial charge is 0.369 e. The molecule has 2 amide bonds. The van der Waals surface area contributed by atoms with Gasteiger partial charge in [0, 0.05) is 31.6 Å². The van der Waals surface area contributed by atoms with Crippen LogP contribution < -0.4 is 11.1 Å². The summed E-state index contributed by atoms with van der Waals surface area (Å²) in [6.45, 7) is 1.47. The molecule has 5 nitrogen and oxygen atoms in total. The predicted octanol–water partition coefficient (Wildman–Crippen LogP) is 2.03. The third-order valence-corrected chi connectivity index (χ3v) is 5.76. The Bertz CT molecular complexity index is 856. The molecule has 4 atom stereocenters. The minimum atomic E-state index is -0.505. The first-order valence-electron chi connectivity index (χ1n) is 9.62. The molecule has 2 aromatic carbocycles. The van der Waals surface area contributed by atoms with Crippen molar-refractivity contribution in [3.05, 3.63) is 71.5 Å². The lowest BCUT2D eigenvalue weighted by Gasteiger charge is -2.16. The average molecular weight is 381 g/mol. The van der Waals surface area contributed by atoms with Crippen LogP contribution in [-0.2, 0) is 16.1 Å². The number of primary amides is 1. The quantitative estimate of drug-likeness (QED) is 0.804. The number of nitrogens with zero attached hydrogens (tertiary/aromatic N) is 1. The number of carbonyl (C=O) groups excluding carboxylic acids is 2. The van der Waals surface area contributed by atoms with Crippen LogP contribution >= 0.6 is 0 Å². The van der Waals surface area contributed by atoms with Crippen LogP contribution in [0.1, 0.15) is 23.5 Å². The number of likely N-dealkylation sites (tertiary alicyclic amines) is 1. The molecule has 2 aliphatic rings. The summed E-state index contributed by atoms with van der Waals surface area (Å²) < 4.78 is 13.1. The van der Waals surface area contributed by atoms with E-state index < -0.39 is 17.7 Å². The summed E-state index contributed by atoms with van der Waals surface area (Å²) in [5.41, 5.74) is 7.74. The number of halogens is 1. The summed E-state index contributed by atoms with van der Waals surface area (Å²) in [6.07, 6.45) is 0.920. The van der Waals surface area contributed by atoms with Gasteiger partial charge < -0.3 is 11.1 Å². The summed E-state index contributed by atoms with van der Waals surface area (Å²) in [5.74, 6) is -1.45. The van der Waals surface area contributed by atoms with Crippen LogP contribution in [0.3, 0.4) is 0 Å². The Morgan fingerprint density at radius 2 is 1.71 bits per heavy atom. The highest BCUT2D eigenvalue weighted by Crippen LogP contribution is 2.41. The average Bonchev–Trinajstić information content (AvgIpc) is 3.32. The number of rotatable bonds is 6. The number of nitrogens with one attached hydrogen (secondary N) is 1. The zero-order chi connectivity index (χ0) is 19.7. The van der Waals surface area contributed by atoms with E-state index in [-0.39, 0.29) is 17.8 Å². The second-order valence-corrected chi connectivity index (χ2v) is 7.80. The molecule has 1 heterocycles. The molecule has 2 unspecified atom stereocenters. The van der Waals surface area contributed by atoms with Crippen molar-refractivity contribution in [3.63, 3.8) is 0 Å². The highest BCUT2D eigenvalue weighted by Gasteiger charge is 2.45. The summed E-state index contributed by atoms with van der Waals surface area (Å²) in [7, 11) is 0. The van der Waals surface area contributed by atoms with Crippen molar-refractivity contribution in [3.8, 4) is 0 Å². The van der Waals surface area contributed by atoms with Crippen LogP contribution in [0.25, 0.3) is 0 Å². The molecule has 4 rings (SSSR count). The lowest BCUT2D eigenvalue weighted by molar-refractivity contribution is -0.131. The second kappa shape index (κ2) is 7.72. The van der Waals surface area contributed by atoms with E-state index in [2.05, 4.69) is 17.4 Å². The van der Waals surface area contributed by atoms with Crippen LogP contribution in [0.2, 0.25) is 0 Å². The molecule has 0 bridgehead atoms. The number of nitrogens with two attached hydrogens (primary N) is 1. The summed E-state index contributed by atoms with van der Waals surface area (Å²) in [5, 5.41) is 3.10. The first-order valence-corrected chi connectivity index (χ1v) is 9.62. The molecule has 2 aromatic rings. The standard InChI is InChI=1S/C22H24FN3O2/c23-16-8-6-14(7-9-16)11-26-12-18(21(24)27)19(13-26)22(28)25-20-10-17(20)15-4-2-1-3-5-15/h1-9,17-20H,10-13H2,(H2,24,27)(H,25,28)/t17-,18?,19?,20+/m1/s1. The fourth-order valence-corrected chi connectivity index (χ4v) is 4.13. The van der Waals surface area contributed by atoms with Crippen molar-refractivity contribution < 1.29 is 14.0 Å². The Labute approximate surface area is 163 Å². The van der Waals surface area contributed by atoms with Gasteiger partial charge in [-0.05, 0) is 29.7 Å². The maximum absolute atomic E-state index is 13.1. The van der Waals surface area contributed by atoms with Gasteiger partial charge in [0.05, 0.1) is 11.8 Å². The molecular weight excluding hydrogens is 357 g/mol. The molecule has 0 spiro atoms. The third kappa shape index (κ3) is 4.07. The minimum Gasteiger partial charge on any atom is -0.369 e. The van der Waals surface area contributed by atoms with E-state index in [9.17, 15) is 14.0 Å². The second-order valence-electron chi connectivity index (χ2n) is 7.80. The fourth-order valence-electron chi connectivity index (χ4n) is 4.13. The Balaban J connectivity index is 1.37. The lowest BCUT2D eigenvalue weighted by Crippen LogP contribution is -2.40. The number of carbonyl (C=O) groups is 2. The Morgan fingerprint density at radius 1 is 1.04 bits per heavy atom. The molecule has 28 heavy (non-hydrogen) atoms. The Kier molecular flexibility index (Phi) is 5.13. The first kappa shape index (κ1) is 18.6. The molecule has 0 aromatic heterocycles. The van der Waals surface area contributed by atoms with E-state index in [4.69, 9.17) is 5.73 Å². The van der Waals surface area contributed by atoms with Crippen molar-refractivity contribution >= 4 is 11.8 Å². The van der Waals surface area contributed by atoms with Crippen molar-refractivity contribution in [1.29, 1.82) is 0 Å². The van der Waals surface area contributed by atoms with Gasteiger partial charge in [0.25, 0.3) is 0 Å². The van der Waals surface area contributed by atoms with Gasteiger partial charge in [-0.3, -0.25) is 14.5 Å². The van der Waals surface area contributed by atoms with Gasteiger partial charge in [-0.25, -0.2) is 4.39 Å². The van der Waals surface area contributed by atoms with Crippen molar-refractivity contribution in [2.45, 2.75) is 24.9 Å². The minimum absolute atomic E-state index is 0.103. The Hall–Kier alpha value is -2.73. The fraction of sp³-hybridized carbons (Fsp3) is 0.364. The molecule has 146 valence electrons. The van der Waals surface area contributed by atoms with Gasteiger partial charge in [-0.2, -0.15) is 0 Å². The molecule has 6 heteroatoms. The molecule has 1 aliphatic carbocycles. The maximum atomic E-state index is 13.1. The van der Waals surface area contributed by atoms with Crippen LogP contribution in [0, 0.1) is 17.7 Å². The van der Waals surface area contributed by atoms with E-state index in [1.54, 1.807) is 12.1 Å². The number of benzene rings is 2. The SMILES string of the molecule is NC(=O)C1CN(Cc2ccc(F)cc2)CC1C(=O)N[C@H]1C[C@@H]1c1ccccc1. The van der Waals surface area contributed by atoms with Gasteiger partial charge in [0.15, 0.2) is 0 Å². The highest BCUT2D eigenvalue weighted by molar-refractivity contribution is 5.88. The van der Waals surface area contributed by atoms with E-state index in [0.29, 0.717) is 25.6 Å². The Morgan fingerprint density at radius 3 is 2.39 bits per heavy atom. The van der Waals surface area contributed by atoms with E-state index in [1.807, 2.05) is 23.1 Å². The number of hydrogen-bond acceptors (Lipinski definition) is 3. The van der Waals surface area contributed by atoms with E-state index in [1.165, 1.54) is 17.7 Å². The van der Waals surface area contributed by atoms with Gasteiger partial charge >= 0.3 is 0 Å².